The molecule has 0 N–H and O–H groups in total. The molecule has 0 aromatic heterocycles. The topological polar surface area (TPSA) is 48.5 Å². The van der Waals surface area contributed by atoms with Gasteiger partial charge in [-0.2, -0.15) is 10.4 Å². The molecule has 48 valence electrons. The summed E-state index contributed by atoms with van der Waals surface area (Å²) in [5.74, 6) is 0. The molecule has 0 unspecified atom stereocenters. The van der Waals surface area contributed by atoms with Gasteiger partial charge in [0.05, 0.1) is 0 Å². The van der Waals surface area contributed by atoms with Crippen LogP contribution in [0, 0.1) is 11.3 Å². The maximum atomic E-state index is 8.38. The van der Waals surface area contributed by atoms with Gasteiger partial charge in [0.2, 0.25) is 0 Å². The van der Waals surface area contributed by atoms with Crippen molar-refractivity contribution in [2.24, 2.45) is 10.2 Å². The number of azo groups is 1. The molecular formula is C7H5N3. The normalized spacial score (nSPS) is 15.3. The van der Waals surface area contributed by atoms with E-state index >= 15 is 0 Å². The van der Waals surface area contributed by atoms with Crippen molar-refractivity contribution in [1.29, 1.82) is 5.26 Å². The van der Waals surface area contributed by atoms with E-state index in [1.54, 1.807) is 24.3 Å². The van der Waals surface area contributed by atoms with Crippen molar-refractivity contribution in [3.8, 4) is 6.07 Å². The third-order valence-electron chi connectivity index (χ3n) is 0.909. The summed E-state index contributed by atoms with van der Waals surface area (Å²) >= 11 is 0. The molecule has 3 nitrogen and oxygen atoms in total. The van der Waals surface area contributed by atoms with Gasteiger partial charge in [0.25, 0.3) is 0 Å². The van der Waals surface area contributed by atoms with Crippen molar-refractivity contribution in [2.75, 3.05) is 0 Å². The van der Waals surface area contributed by atoms with Crippen LogP contribution in [0.15, 0.2) is 46.4 Å². The Labute approximate surface area is 58.7 Å². The number of nitriles is 1. The first-order chi connectivity index (χ1) is 4.93. The number of hydrogen-bond donors (Lipinski definition) is 0. The summed E-state index contributed by atoms with van der Waals surface area (Å²) in [6.07, 6.45) is 8.41. The molecule has 0 aromatic rings. The molecule has 0 aromatic carbocycles. The Morgan fingerprint density at radius 1 is 1.30 bits per heavy atom. The van der Waals surface area contributed by atoms with Crippen LogP contribution in [0.2, 0.25) is 0 Å². The van der Waals surface area contributed by atoms with Crippen LogP contribution in [0.3, 0.4) is 0 Å². The van der Waals surface area contributed by atoms with Gasteiger partial charge in [-0.25, -0.2) is 0 Å². The van der Waals surface area contributed by atoms with Crippen molar-refractivity contribution >= 4 is 0 Å². The van der Waals surface area contributed by atoms with Crippen molar-refractivity contribution in [3.05, 3.63) is 36.2 Å². The van der Waals surface area contributed by atoms with Gasteiger partial charge < -0.3 is 0 Å². The fourth-order valence-corrected chi connectivity index (χ4v) is 0.488. The van der Waals surface area contributed by atoms with Crippen LogP contribution in [-0.4, -0.2) is 0 Å². The summed E-state index contributed by atoms with van der Waals surface area (Å²) in [4.78, 5) is 0. The predicted molar refractivity (Wildman–Crippen MR) is 36.8 cm³/mol. The van der Waals surface area contributed by atoms with Crippen LogP contribution in [0.5, 0.6) is 0 Å². The molecule has 1 heterocycles. The van der Waals surface area contributed by atoms with E-state index < -0.39 is 0 Å². The van der Waals surface area contributed by atoms with Crippen LogP contribution in [-0.2, 0) is 0 Å². The van der Waals surface area contributed by atoms with E-state index in [9.17, 15) is 0 Å². The van der Waals surface area contributed by atoms with Crippen molar-refractivity contribution < 1.29 is 0 Å². The largest absolute Gasteiger partial charge is 0.191 e. The summed E-state index contributed by atoms with van der Waals surface area (Å²) in [6.45, 7) is 0. The Morgan fingerprint density at radius 2 is 2.20 bits per heavy atom. The standard InChI is InChI=1S/C7H5N3/c8-6-7-4-2-1-3-5-9-10-7/h1-5H. The smallest absolute Gasteiger partial charge is 0.163 e. The fourth-order valence-electron chi connectivity index (χ4n) is 0.488. The highest BCUT2D eigenvalue weighted by Crippen LogP contribution is 1.99. The minimum Gasteiger partial charge on any atom is -0.191 e. The molecule has 0 spiro atoms. The summed E-state index contributed by atoms with van der Waals surface area (Å²) in [6, 6.07) is 1.89. The number of nitrogens with zero attached hydrogens (tertiary/aromatic N) is 3. The first-order valence-electron chi connectivity index (χ1n) is 2.78. The Morgan fingerprint density at radius 3 is 3.00 bits per heavy atom. The van der Waals surface area contributed by atoms with E-state index in [2.05, 4.69) is 10.2 Å². The first-order valence-corrected chi connectivity index (χ1v) is 2.78. The molecule has 3 heteroatoms. The third kappa shape index (κ3) is 1.67. The van der Waals surface area contributed by atoms with Gasteiger partial charge in [0.15, 0.2) is 5.70 Å². The predicted octanol–water partition coefficient (Wildman–Crippen LogP) is 1.93. The van der Waals surface area contributed by atoms with Crippen LogP contribution < -0.4 is 0 Å². The highest BCUT2D eigenvalue weighted by atomic mass is 15.1. The minimum absolute atomic E-state index is 0.320. The van der Waals surface area contributed by atoms with Crippen molar-refractivity contribution in [1.82, 2.24) is 0 Å². The Hall–Kier alpha value is -1.69. The van der Waals surface area contributed by atoms with Crippen molar-refractivity contribution in [2.45, 2.75) is 0 Å². The van der Waals surface area contributed by atoms with Crippen molar-refractivity contribution in [3.63, 3.8) is 0 Å². The van der Waals surface area contributed by atoms with Gasteiger partial charge >= 0.3 is 0 Å². The molecule has 0 aliphatic carbocycles. The van der Waals surface area contributed by atoms with Gasteiger partial charge in [-0.3, -0.25) is 0 Å². The lowest BCUT2D eigenvalue weighted by atomic mass is 10.4. The molecule has 10 heavy (non-hydrogen) atoms. The summed E-state index contributed by atoms with van der Waals surface area (Å²) < 4.78 is 0. The molecule has 0 atom stereocenters. The quantitative estimate of drug-likeness (QED) is 0.495. The zero-order chi connectivity index (χ0) is 7.23. The molecule has 0 amide bonds. The molecule has 0 bridgehead atoms. The van der Waals surface area contributed by atoms with E-state index in [4.69, 9.17) is 5.26 Å². The van der Waals surface area contributed by atoms with Crippen LogP contribution in [0.4, 0.5) is 0 Å². The highest BCUT2D eigenvalue weighted by molar-refractivity contribution is 5.26. The number of allylic oxidation sites excluding steroid dienone is 5. The fraction of sp³-hybridized carbons (Fsp3) is 0. The second kappa shape index (κ2) is 3.36. The van der Waals surface area contributed by atoms with Gasteiger partial charge in [-0.1, -0.05) is 12.2 Å². The molecule has 1 aliphatic heterocycles. The lowest BCUT2D eigenvalue weighted by Crippen LogP contribution is -1.69. The molecule has 1 rings (SSSR count). The average Bonchev–Trinajstić information content (AvgIpc) is 1.87. The van der Waals surface area contributed by atoms with Crippen LogP contribution >= 0.6 is 0 Å². The van der Waals surface area contributed by atoms with E-state index in [1.165, 1.54) is 6.20 Å². The van der Waals surface area contributed by atoms with Gasteiger partial charge in [0, 0.05) is 6.20 Å². The summed E-state index contributed by atoms with van der Waals surface area (Å²) in [5, 5.41) is 15.6. The maximum Gasteiger partial charge on any atom is 0.163 e. The minimum atomic E-state index is 0.320. The van der Waals surface area contributed by atoms with Gasteiger partial charge in [-0.05, 0) is 12.2 Å². The van der Waals surface area contributed by atoms with E-state index in [0.29, 0.717) is 5.70 Å². The van der Waals surface area contributed by atoms with E-state index in [0.717, 1.165) is 0 Å². The maximum absolute atomic E-state index is 8.38. The highest BCUT2D eigenvalue weighted by Gasteiger charge is 1.86. The Bertz CT molecular complexity index is 263. The first kappa shape index (κ1) is 6.43. The van der Waals surface area contributed by atoms with Gasteiger partial charge in [0.1, 0.15) is 6.07 Å². The van der Waals surface area contributed by atoms with Crippen LogP contribution in [0.25, 0.3) is 0 Å². The molecule has 0 radical (unpaired) electrons. The third-order valence-corrected chi connectivity index (χ3v) is 0.909. The SMILES string of the molecule is N#CC1=CC=CC=CN=N1. The van der Waals surface area contributed by atoms with Crippen LogP contribution in [0.1, 0.15) is 0 Å². The Balaban J connectivity index is 2.86. The van der Waals surface area contributed by atoms with E-state index in [-0.39, 0.29) is 0 Å². The Kier molecular flexibility index (Phi) is 2.16. The second-order valence-corrected chi connectivity index (χ2v) is 1.61. The number of hydrogen-bond acceptors (Lipinski definition) is 3. The summed E-state index contributed by atoms with van der Waals surface area (Å²) in [7, 11) is 0. The second-order valence-electron chi connectivity index (χ2n) is 1.61. The molecule has 0 saturated heterocycles. The van der Waals surface area contributed by atoms with Gasteiger partial charge in [-0.15, -0.1) is 5.11 Å². The lowest BCUT2D eigenvalue weighted by molar-refractivity contribution is 1.16. The monoisotopic (exact) mass is 131 g/mol. The molecule has 1 aliphatic rings. The zero-order valence-electron chi connectivity index (χ0n) is 5.23. The molecular weight excluding hydrogens is 126 g/mol. The zero-order valence-corrected chi connectivity index (χ0v) is 5.23. The lowest BCUT2D eigenvalue weighted by Gasteiger charge is -1.83. The van der Waals surface area contributed by atoms with E-state index in [1.807, 2.05) is 6.07 Å². The average molecular weight is 131 g/mol. The molecule has 0 fully saturated rings. The molecule has 0 saturated carbocycles. The number of rotatable bonds is 0. The summed E-state index contributed by atoms with van der Waals surface area (Å²) in [5.41, 5.74) is 0.320.